The van der Waals surface area contributed by atoms with Crippen LogP contribution in [0.5, 0.6) is 0 Å². The lowest BCUT2D eigenvalue weighted by atomic mass is 10.1. The SMILES string of the molecule is O=C(O)c1ccc(C(O)N2CCCCC2)cc1. The minimum absolute atomic E-state index is 0.250. The number of likely N-dealkylation sites (tertiary alicyclic amines) is 1. The Balaban J connectivity index is 2.07. The number of hydrogen-bond acceptors (Lipinski definition) is 3. The second-order valence-corrected chi connectivity index (χ2v) is 4.40. The van der Waals surface area contributed by atoms with Crippen LogP contribution in [0.15, 0.2) is 24.3 Å². The summed E-state index contributed by atoms with van der Waals surface area (Å²) in [4.78, 5) is 12.7. The summed E-state index contributed by atoms with van der Waals surface area (Å²) in [7, 11) is 0. The largest absolute Gasteiger partial charge is 0.478 e. The fraction of sp³-hybridized carbons (Fsp3) is 0.462. The van der Waals surface area contributed by atoms with Crippen LogP contribution in [-0.4, -0.2) is 34.2 Å². The quantitative estimate of drug-likeness (QED) is 0.839. The molecule has 0 saturated carbocycles. The van der Waals surface area contributed by atoms with Crippen LogP contribution in [0.1, 0.15) is 41.4 Å². The summed E-state index contributed by atoms with van der Waals surface area (Å²) in [6.45, 7) is 1.81. The first-order valence-electron chi connectivity index (χ1n) is 5.94. The molecule has 1 aliphatic heterocycles. The van der Waals surface area contributed by atoms with E-state index in [-0.39, 0.29) is 5.56 Å². The zero-order valence-corrected chi connectivity index (χ0v) is 9.67. The highest BCUT2D eigenvalue weighted by Gasteiger charge is 2.19. The number of carboxylic acids is 1. The number of nitrogens with zero attached hydrogens (tertiary/aromatic N) is 1. The lowest BCUT2D eigenvalue weighted by Crippen LogP contribution is -2.33. The molecule has 1 aliphatic rings. The molecule has 1 aromatic rings. The van der Waals surface area contributed by atoms with E-state index in [0.717, 1.165) is 31.5 Å². The summed E-state index contributed by atoms with van der Waals surface area (Å²) in [5.74, 6) is -0.941. The number of aromatic carboxylic acids is 1. The molecule has 0 amide bonds. The fourth-order valence-corrected chi connectivity index (χ4v) is 2.17. The topological polar surface area (TPSA) is 60.8 Å². The maximum Gasteiger partial charge on any atom is 0.335 e. The average molecular weight is 235 g/mol. The Morgan fingerprint density at radius 3 is 2.24 bits per heavy atom. The van der Waals surface area contributed by atoms with Gasteiger partial charge in [0.2, 0.25) is 0 Å². The zero-order chi connectivity index (χ0) is 12.3. The van der Waals surface area contributed by atoms with Crippen LogP contribution in [0.3, 0.4) is 0 Å². The molecule has 92 valence electrons. The molecule has 4 heteroatoms. The Morgan fingerprint density at radius 1 is 1.12 bits per heavy atom. The van der Waals surface area contributed by atoms with Gasteiger partial charge in [0.1, 0.15) is 6.23 Å². The summed E-state index contributed by atoms with van der Waals surface area (Å²) in [5, 5.41) is 18.9. The second-order valence-electron chi connectivity index (χ2n) is 4.40. The highest BCUT2D eigenvalue weighted by atomic mass is 16.4. The molecule has 1 saturated heterocycles. The van der Waals surface area contributed by atoms with Gasteiger partial charge in [-0.05, 0) is 30.5 Å². The van der Waals surface area contributed by atoms with Gasteiger partial charge in [-0.15, -0.1) is 0 Å². The molecular weight excluding hydrogens is 218 g/mol. The van der Waals surface area contributed by atoms with Crippen LogP contribution in [0.2, 0.25) is 0 Å². The highest BCUT2D eigenvalue weighted by molar-refractivity contribution is 5.87. The van der Waals surface area contributed by atoms with Crippen LogP contribution < -0.4 is 0 Å². The van der Waals surface area contributed by atoms with Gasteiger partial charge in [0, 0.05) is 13.1 Å². The Hall–Kier alpha value is -1.39. The first kappa shape index (κ1) is 12.1. The van der Waals surface area contributed by atoms with E-state index in [0.29, 0.717) is 0 Å². The molecule has 2 N–H and O–H groups in total. The first-order valence-corrected chi connectivity index (χ1v) is 5.94. The van der Waals surface area contributed by atoms with Gasteiger partial charge in [-0.1, -0.05) is 18.6 Å². The minimum Gasteiger partial charge on any atom is -0.478 e. The van der Waals surface area contributed by atoms with Crippen molar-refractivity contribution in [2.75, 3.05) is 13.1 Å². The number of benzene rings is 1. The predicted octanol–water partition coefficient (Wildman–Crippen LogP) is 1.86. The van der Waals surface area contributed by atoms with Gasteiger partial charge in [0.25, 0.3) is 0 Å². The third-order valence-corrected chi connectivity index (χ3v) is 3.19. The number of hydrogen-bond donors (Lipinski definition) is 2. The van der Waals surface area contributed by atoms with Gasteiger partial charge < -0.3 is 10.2 Å². The van der Waals surface area contributed by atoms with Gasteiger partial charge in [-0.25, -0.2) is 4.79 Å². The molecule has 1 unspecified atom stereocenters. The second kappa shape index (κ2) is 5.29. The van der Waals surface area contributed by atoms with Crippen LogP contribution >= 0.6 is 0 Å². The summed E-state index contributed by atoms with van der Waals surface area (Å²) >= 11 is 0. The number of carboxylic acid groups (broad SMARTS) is 1. The molecular formula is C13H17NO3. The molecule has 0 aliphatic carbocycles. The molecule has 1 atom stereocenters. The standard InChI is InChI=1S/C13H17NO3/c15-12(14-8-2-1-3-9-14)10-4-6-11(7-5-10)13(16)17/h4-7,12,15H,1-3,8-9H2,(H,16,17). The zero-order valence-electron chi connectivity index (χ0n) is 9.67. The molecule has 2 rings (SSSR count). The Bertz CT molecular complexity index is 382. The molecule has 1 fully saturated rings. The molecule has 17 heavy (non-hydrogen) atoms. The van der Waals surface area contributed by atoms with E-state index in [4.69, 9.17) is 5.11 Å². The van der Waals surface area contributed by atoms with E-state index in [9.17, 15) is 9.90 Å². The Morgan fingerprint density at radius 2 is 1.71 bits per heavy atom. The summed E-state index contributed by atoms with van der Waals surface area (Å²) in [5.41, 5.74) is 1.01. The maximum absolute atomic E-state index is 10.7. The number of rotatable bonds is 3. The van der Waals surface area contributed by atoms with Gasteiger partial charge in [-0.2, -0.15) is 0 Å². The van der Waals surface area contributed by atoms with Crippen LogP contribution in [0.4, 0.5) is 0 Å². The highest BCUT2D eigenvalue weighted by Crippen LogP contribution is 2.22. The molecule has 0 bridgehead atoms. The number of aliphatic hydroxyl groups excluding tert-OH is 1. The van der Waals surface area contributed by atoms with E-state index in [2.05, 4.69) is 0 Å². The van der Waals surface area contributed by atoms with Gasteiger partial charge in [0.15, 0.2) is 0 Å². The van der Waals surface area contributed by atoms with E-state index >= 15 is 0 Å². The number of aliphatic hydroxyl groups is 1. The average Bonchev–Trinajstić information content (AvgIpc) is 2.39. The molecule has 1 heterocycles. The van der Waals surface area contributed by atoms with Gasteiger partial charge in [-0.3, -0.25) is 4.90 Å². The summed E-state index contributed by atoms with van der Waals surface area (Å²) in [6.07, 6.45) is 2.84. The van der Waals surface area contributed by atoms with E-state index in [1.807, 2.05) is 4.90 Å². The van der Waals surface area contributed by atoms with E-state index in [1.54, 1.807) is 12.1 Å². The fourth-order valence-electron chi connectivity index (χ4n) is 2.17. The normalized spacial score (nSPS) is 18.9. The van der Waals surface area contributed by atoms with Gasteiger partial charge in [0.05, 0.1) is 5.56 Å². The lowest BCUT2D eigenvalue weighted by molar-refractivity contribution is -0.00985. The van der Waals surface area contributed by atoms with Crippen molar-refractivity contribution in [2.45, 2.75) is 25.5 Å². The van der Waals surface area contributed by atoms with E-state index in [1.165, 1.54) is 18.6 Å². The van der Waals surface area contributed by atoms with Gasteiger partial charge >= 0.3 is 5.97 Å². The third-order valence-electron chi connectivity index (χ3n) is 3.19. The van der Waals surface area contributed by atoms with Crippen LogP contribution in [0, 0.1) is 0 Å². The van der Waals surface area contributed by atoms with Crippen molar-refractivity contribution < 1.29 is 15.0 Å². The molecule has 0 spiro atoms. The Labute approximate surface area is 100 Å². The maximum atomic E-state index is 10.7. The van der Waals surface area contributed by atoms with Crippen molar-refractivity contribution in [3.63, 3.8) is 0 Å². The summed E-state index contributed by atoms with van der Waals surface area (Å²) in [6, 6.07) is 6.43. The van der Waals surface area contributed by atoms with Crippen molar-refractivity contribution in [3.8, 4) is 0 Å². The monoisotopic (exact) mass is 235 g/mol. The van der Waals surface area contributed by atoms with Crippen LogP contribution in [0.25, 0.3) is 0 Å². The number of carbonyl (C=O) groups is 1. The Kier molecular flexibility index (Phi) is 3.76. The predicted molar refractivity (Wildman–Crippen MR) is 63.8 cm³/mol. The van der Waals surface area contributed by atoms with Crippen LogP contribution in [-0.2, 0) is 0 Å². The van der Waals surface area contributed by atoms with Crippen molar-refractivity contribution in [2.24, 2.45) is 0 Å². The summed E-state index contributed by atoms with van der Waals surface area (Å²) < 4.78 is 0. The smallest absolute Gasteiger partial charge is 0.335 e. The minimum atomic E-state index is -0.941. The molecule has 0 aromatic heterocycles. The molecule has 0 radical (unpaired) electrons. The third kappa shape index (κ3) is 2.84. The lowest BCUT2D eigenvalue weighted by Gasteiger charge is -2.31. The van der Waals surface area contributed by atoms with Crippen molar-refractivity contribution in [1.82, 2.24) is 4.90 Å². The van der Waals surface area contributed by atoms with Crippen molar-refractivity contribution in [3.05, 3.63) is 35.4 Å². The first-order chi connectivity index (χ1) is 8.18. The number of piperidine rings is 1. The molecule has 4 nitrogen and oxygen atoms in total. The molecule has 1 aromatic carbocycles. The van der Waals surface area contributed by atoms with Crippen molar-refractivity contribution in [1.29, 1.82) is 0 Å². The van der Waals surface area contributed by atoms with E-state index < -0.39 is 12.2 Å². The van der Waals surface area contributed by atoms with Crippen molar-refractivity contribution >= 4 is 5.97 Å².